The molecule has 5 nitrogen and oxygen atoms in total. The van der Waals surface area contributed by atoms with Gasteiger partial charge in [0.25, 0.3) is 11.8 Å². The summed E-state index contributed by atoms with van der Waals surface area (Å²) in [5.74, 6) is -0.406. The Kier molecular flexibility index (Phi) is 5.90. The Balaban J connectivity index is 1.99. The molecule has 2 aromatic rings. The number of hydrogen-bond donors (Lipinski definition) is 3. The van der Waals surface area contributed by atoms with Gasteiger partial charge in [-0.05, 0) is 35.6 Å². The van der Waals surface area contributed by atoms with Gasteiger partial charge in [-0.2, -0.15) is 0 Å². The van der Waals surface area contributed by atoms with E-state index >= 15 is 0 Å². The molecule has 0 fully saturated rings. The Morgan fingerprint density at radius 3 is 2.61 bits per heavy atom. The van der Waals surface area contributed by atoms with Gasteiger partial charge in [0.2, 0.25) is 0 Å². The van der Waals surface area contributed by atoms with Crippen molar-refractivity contribution in [3.63, 3.8) is 0 Å². The van der Waals surface area contributed by atoms with Gasteiger partial charge in [-0.1, -0.05) is 26.0 Å². The highest BCUT2D eigenvalue weighted by atomic mass is 32.1. The van der Waals surface area contributed by atoms with Crippen molar-refractivity contribution in [3.8, 4) is 0 Å². The summed E-state index contributed by atoms with van der Waals surface area (Å²) in [7, 11) is 0. The molecule has 0 aliphatic heterocycles. The highest BCUT2D eigenvalue weighted by Crippen LogP contribution is 2.15. The SMILES string of the molecule is CC(C)C(O)CNC(=O)c1cccc(NC(=O)c2cccs2)c1. The Hall–Kier alpha value is -2.18. The number of benzene rings is 1. The number of nitrogens with one attached hydrogen (secondary N) is 2. The van der Waals surface area contributed by atoms with Crippen molar-refractivity contribution >= 4 is 28.8 Å². The molecule has 0 radical (unpaired) electrons. The largest absolute Gasteiger partial charge is 0.391 e. The van der Waals surface area contributed by atoms with Crippen LogP contribution in [0.25, 0.3) is 0 Å². The van der Waals surface area contributed by atoms with E-state index in [-0.39, 0.29) is 24.3 Å². The number of amides is 2. The normalized spacial score (nSPS) is 12.0. The molecule has 122 valence electrons. The van der Waals surface area contributed by atoms with Gasteiger partial charge in [-0.3, -0.25) is 9.59 Å². The van der Waals surface area contributed by atoms with Crippen molar-refractivity contribution in [1.82, 2.24) is 5.32 Å². The molecule has 0 spiro atoms. The molecule has 23 heavy (non-hydrogen) atoms. The van der Waals surface area contributed by atoms with Gasteiger partial charge in [0.15, 0.2) is 0 Å². The Bertz CT molecular complexity index is 668. The van der Waals surface area contributed by atoms with Gasteiger partial charge < -0.3 is 15.7 Å². The van der Waals surface area contributed by atoms with Crippen LogP contribution in [0.3, 0.4) is 0 Å². The lowest BCUT2D eigenvalue weighted by atomic mass is 10.1. The van der Waals surface area contributed by atoms with Crippen molar-refractivity contribution in [2.75, 3.05) is 11.9 Å². The number of hydrogen-bond acceptors (Lipinski definition) is 4. The maximum atomic E-state index is 12.1. The number of thiophene rings is 1. The van der Waals surface area contributed by atoms with E-state index in [4.69, 9.17) is 0 Å². The third-order valence-electron chi connectivity index (χ3n) is 3.37. The Morgan fingerprint density at radius 1 is 1.17 bits per heavy atom. The van der Waals surface area contributed by atoms with Crippen molar-refractivity contribution in [2.24, 2.45) is 5.92 Å². The predicted octanol–water partition coefficient (Wildman–Crippen LogP) is 2.75. The minimum absolute atomic E-state index is 0.0757. The lowest BCUT2D eigenvalue weighted by Crippen LogP contribution is -2.34. The predicted molar refractivity (Wildman–Crippen MR) is 91.9 cm³/mol. The van der Waals surface area contributed by atoms with Gasteiger partial charge >= 0.3 is 0 Å². The van der Waals surface area contributed by atoms with Crippen LogP contribution >= 0.6 is 11.3 Å². The molecule has 2 amide bonds. The molecule has 1 aromatic heterocycles. The summed E-state index contributed by atoms with van der Waals surface area (Å²) in [5, 5.41) is 17.0. The lowest BCUT2D eigenvalue weighted by molar-refractivity contribution is 0.0871. The van der Waals surface area contributed by atoms with Crippen LogP contribution in [0.2, 0.25) is 0 Å². The van der Waals surface area contributed by atoms with Crippen LogP contribution in [0.1, 0.15) is 33.9 Å². The Labute approximate surface area is 139 Å². The van der Waals surface area contributed by atoms with Crippen molar-refractivity contribution < 1.29 is 14.7 Å². The van der Waals surface area contributed by atoms with E-state index in [2.05, 4.69) is 10.6 Å². The summed E-state index contributed by atoms with van der Waals surface area (Å²) in [6.07, 6.45) is -0.583. The van der Waals surface area contributed by atoms with E-state index in [1.54, 1.807) is 30.3 Å². The molecule has 0 aliphatic carbocycles. The number of aliphatic hydroxyl groups excluding tert-OH is 1. The molecule has 1 aromatic carbocycles. The summed E-state index contributed by atoms with van der Waals surface area (Å²) in [4.78, 5) is 24.7. The first-order valence-corrected chi connectivity index (χ1v) is 8.26. The summed E-state index contributed by atoms with van der Waals surface area (Å²) < 4.78 is 0. The second kappa shape index (κ2) is 7.89. The van der Waals surface area contributed by atoms with Crippen LogP contribution in [0.15, 0.2) is 41.8 Å². The van der Waals surface area contributed by atoms with Crippen LogP contribution in [0, 0.1) is 5.92 Å². The zero-order valence-corrected chi connectivity index (χ0v) is 13.9. The third-order valence-corrected chi connectivity index (χ3v) is 4.24. The molecule has 1 unspecified atom stereocenters. The molecule has 1 atom stereocenters. The van der Waals surface area contributed by atoms with Crippen LogP contribution in [0.4, 0.5) is 5.69 Å². The van der Waals surface area contributed by atoms with Crippen LogP contribution < -0.4 is 10.6 Å². The van der Waals surface area contributed by atoms with Crippen LogP contribution in [0.5, 0.6) is 0 Å². The minimum atomic E-state index is -0.583. The zero-order valence-electron chi connectivity index (χ0n) is 13.1. The quantitative estimate of drug-likeness (QED) is 0.761. The van der Waals surface area contributed by atoms with Gasteiger partial charge in [-0.15, -0.1) is 11.3 Å². The van der Waals surface area contributed by atoms with Gasteiger partial charge in [-0.25, -0.2) is 0 Å². The maximum absolute atomic E-state index is 12.1. The third kappa shape index (κ3) is 4.91. The first-order chi connectivity index (χ1) is 11.0. The topological polar surface area (TPSA) is 78.4 Å². The zero-order chi connectivity index (χ0) is 16.8. The van der Waals surface area contributed by atoms with Crippen LogP contribution in [-0.4, -0.2) is 29.6 Å². The fourth-order valence-corrected chi connectivity index (χ4v) is 2.49. The molecule has 0 bridgehead atoms. The maximum Gasteiger partial charge on any atom is 0.265 e. The monoisotopic (exact) mass is 332 g/mol. The average molecular weight is 332 g/mol. The highest BCUT2D eigenvalue weighted by Gasteiger charge is 2.13. The number of carbonyl (C=O) groups is 2. The Morgan fingerprint density at radius 2 is 1.96 bits per heavy atom. The number of carbonyl (C=O) groups excluding carboxylic acids is 2. The molecule has 0 saturated heterocycles. The van der Waals surface area contributed by atoms with E-state index in [9.17, 15) is 14.7 Å². The molecule has 2 rings (SSSR count). The number of aliphatic hydroxyl groups is 1. The fourth-order valence-electron chi connectivity index (χ4n) is 1.87. The number of anilines is 1. The molecular formula is C17H20N2O3S. The molecule has 3 N–H and O–H groups in total. The second-order valence-corrected chi connectivity index (χ2v) is 6.48. The first-order valence-electron chi connectivity index (χ1n) is 7.38. The average Bonchev–Trinajstić information content (AvgIpc) is 3.07. The van der Waals surface area contributed by atoms with Crippen molar-refractivity contribution in [3.05, 3.63) is 52.2 Å². The molecule has 0 saturated carbocycles. The van der Waals surface area contributed by atoms with E-state index in [1.807, 2.05) is 25.3 Å². The highest BCUT2D eigenvalue weighted by molar-refractivity contribution is 7.12. The summed E-state index contributed by atoms with van der Waals surface area (Å²) in [6.45, 7) is 3.97. The number of rotatable bonds is 6. The van der Waals surface area contributed by atoms with Crippen molar-refractivity contribution in [1.29, 1.82) is 0 Å². The fraction of sp³-hybridized carbons (Fsp3) is 0.294. The lowest BCUT2D eigenvalue weighted by Gasteiger charge is -2.15. The molecular weight excluding hydrogens is 312 g/mol. The standard InChI is InChI=1S/C17H20N2O3S/c1-11(2)14(20)10-18-16(21)12-5-3-6-13(9-12)19-17(22)15-7-4-8-23-15/h3-9,11,14,20H,10H2,1-2H3,(H,18,21)(H,19,22). The summed E-state index contributed by atoms with van der Waals surface area (Å²) >= 11 is 1.36. The van der Waals surface area contributed by atoms with Crippen molar-refractivity contribution in [2.45, 2.75) is 20.0 Å². The van der Waals surface area contributed by atoms with Crippen LogP contribution in [-0.2, 0) is 0 Å². The minimum Gasteiger partial charge on any atom is -0.391 e. The van der Waals surface area contributed by atoms with E-state index in [1.165, 1.54) is 11.3 Å². The molecule has 1 heterocycles. The first kappa shape index (κ1) is 17.2. The smallest absolute Gasteiger partial charge is 0.265 e. The molecule has 6 heteroatoms. The van der Waals surface area contributed by atoms with E-state index in [0.717, 1.165) is 0 Å². The van der Waals surface area contributed by atoms with E-state index < -0.39 is 6.10 Å². The second-order valence-electron chi connectivity index (χ2n) is 5.53. The van der Waals surface area contributed by atoms with Gasteiger partial charge in [0, 0.05) is 17.8 Å². The van der Waals surface area contributed by atoms with Gasteiger partial charge in [0.1, 0.15) is 0 Å². The summed E-state index contributed by atoms with van der Waals surface area (Å²) in [5.41, 5.74) is 0.991. The molecule has 0 aliphatic rings. The van der Waals surface area contributed by atoms with Gasteiger partial charge in [0.05, 0.1) is 11.0 Å². The summed E-state index contributed by atoms with van der Waals surface area (Å²) in [6, 6.07) is 10.3. The van der Waals surface area contributed by atoms with E-state index in [0.29, 0.717) is 16.1 Å².